The molecule has 0 amide bonds. The van der Waals surface area contributed by atoms with Crippen molar-refractivity contribution in [2.45, 2.75) is 19.3 Å². The van der Waals surface area contributed by atoms with Crippen LogP contribution in [0.2, 0.25) is 0 Å². The Morgan fingerprint density at radius 3 is 1.79 bits per heavy atom. The van der Waals surface area contributed by atoms with Gasteiger partial charge in [-0.1, -0.05) is 166 Å². The summed E-state index contributed by atoms with van der Waals surface area (Å²) >= 11 is 0. The summed E-state index contributed by atoms with van der Waals surface area (Å²) in [5, 5.41) is 6.56. The third kappa shape index (κ3) is 4.68. The molecule has 0 fully saturated rings. The molecule has 0 aliphatic heterocycles. The van der Waals surface area contributed by atoms with E-state index in [4.69, 9.17) is 8.83 Å². The lowest BCUT2D eigenvalue weighted by Gasteiger charge is -2.29. The fraction of sp³-hybridized carbons (Fsp3) is 0.0545. The highest BCUT2D eigenvalue weighted by Gasteiger charge is 2.36. The fourth-order valence-electron chi connectivity index (χ4n) is 9.70. The van der Waals surface area contributed by atoms with Crippen LogP contribution < -0.4 is 4.90 Å². The second-order valence-electron chi connectivity index (χ2n) is 16.0. The molecule has 3 nitrogen and oxygen atoms in total. The maximum absolute atomic E-state index is 7.36. The molecule has 3 heteroatoms. The minimum atomic E-state index is -0.195. The maximum Gasteiger partial charge on any atom is 0.160 e. The molecular formula is C55H37NO2. The molecule has 9 aromatic carbocycles. The molecule has 274 valence electrons. The van der Waals surface area contributed by atoms with Gasteiger partial charge in [0.2, 0.25) is 0 Å². The number of para-hydroxylation sites is 2. The molecule has 2 heterocycles. The number of benzene rings is 9. The highest BCUT2D eigenvalue weighted by atomic mass is 16.3. The van der Waals surface area contributed by atoms with Crippen LogP contribution in [-0.2, 0) is 5.41 Å². The van der Waals surface area contributed by atoms with Crippen molar-refractivity contribution in [1.82, 2.24) is 0 Å². The van der Waals surface area contributed by atoms with Crippen LogP contribution >= 0.6 is 0 Å². The van der Waals surface area contributed by atoms with E-state index in [-0.39, 0.29) is 5.41 Å². The molecule has 12 rings (SSSR count). The third-order valence-corrected chi connectivity index (χ3v) is 12.5. The van der Waals surface area contributed by atoms with E-state index < -0.39 is 0 Å². The largest absolute Gasteiger partial charge is 0.454 e. The maximum atomic E-state index is 7.36. The van der Waals surface area contributed by atoms with Gasteiger partial charge in [-0.25, -0.2) is 0 Å². The topological polar surface area (TPSA) is 29.5 Å². The second kappa shape index (κ2) is 12.3. The summed E-state index contributed by atoms with van der Waals surface area (Å²) in [7, 11) is 0. The van der Waals surface area contributed by atoms with E-state index in [2.05, 4.69) is 201 Å². The molecule has 0 radical (unpaired) electrons. The van der Waals surface area contributed by atoms with E-state index >= 15 is 0 Å². The summed E-state index contributed by atoms with van der Waals surface area (Å²) in [5.41, 5.74) is 15.9. The van der Waals surface area contributed by atoms with Gasteiger partial charge in [0.1, 0.15) is 11.2 Å². The molecule has 0 N–H and O–H groups in total. The number of nitrogens with zero attached hydrogens (tertiary/aromatic N) is 1. The number of hydrogen-bond acceptors (Lipinski definition) is 3. The molecule has 0 saturated carbocycles. The first-order valence-electron chi connectivity index (χ1n) is 20.0. The van der Waals surface area contributed by atoms with Crippen LogP contribution in [0.15, 0.2) is 197 Å². The van der Waals surface area contributed by atoms with Crippen molar-refractivity contribution in [2.75, 3.05) is 4.90 Å². The van der Waals surface area contributed by atoms with Crippen molar-refractivity contribution in [1.29, 1.82) is 0 Å². The van der Waals surface area contributed by atoms with Crippen LogP contribution in [-0.4, -0.2) is 0 Å². The smallest absolute Gasteiger partial charge is 0.160 e. The Hall–Kier alpha value is -7.36. The molecular weight excluding hydrogens is 707 g/mol. The lowest BCUT2D eigenvalue weighted by Crippen LogP contribution is -2.17. The molecule has 11 aromatic rings. The van der Waals surface area contributed by atoms with Gasteiger partial charge in [-0.05, 0) is 80.7 Å². The Morgan fingerprint density at radius 1 is 0.379 bits per heavy atom. The Balaban J connectivity index is 1.23. The zero-order valence-electron chi connectivity index (χ0n) is 32.2. The molecule has 0 atom stereocenters. The number of hydrogen-bond donors (Lipinski definition) is 0. The van der Waals surface area contributed by atoms with Gasteiger partial charge >= 0.3 is 0 Å². The Bertz CT molecular complexity index is 3430. The minimum Gasteiger partial charge on any atom is -0.454 e. The van der Waals surface area contributed by atoms with Crippen molar-refractivity contribution >= 4 is 71.7 Å². The lowest BCUT2D eigenvalue weighted by atomic mass is 9.82. The third-order valence-electron chi connectivity index (χ3n) is 12.5. The molecule has 0 bridgehead atoms. The molecule has 0 spiro atoms. The summed E-state index contributed by atoms with van der Waals surface area (Å²) < 4.78 is 14.2. The second-order valence-corrected chi connectivity index (χ2v) is 16.0. The number of rotatable bonds is 5. The predicted molar refractivity (Wildman–Crippen MR) is 242 cm³/mol. The zero-order chi connectivity index (χ0) is 38.5. The zero-order valence-corrected chi connectivity index (χ0v) is 32.2. The van der Waals surface area contributed by atoms with Crippen LogP contribution in [0.3, 0.4) is 0 Å². The first kappa shape index (κ1) is 32.8. The SMILES string of the molecule is CC1(C)c2ccccc2-c2ccc(N(c3cccc4c3oc3ccccc34)c3c(-c4ccccc4)ccc4c3oc3c5ccccc5c(-c5ccccc5)cc43)cc21. The highest BCUT2D eigenvalue weighted by Crippen LogP contribution is 2.54. The van der Waals surface area contributed by atoms with Crippen LogP contribution in [0.4, 0.5) is 17.1 Å². The average Bonchev–Trinajstić information content (AvgIpc) is 3.92. The van der Waals surface area contributed by atoms with E-state index in [1.165, 1.54) is 33.4 Å². The van der Waals surface area contributed by atoms with Crippen LogP contribution in [0.1, 0.15) is 25.0 Å². The lowest BCUT2D eigenvalue weighted by molar-refractivity contribution is 0.660. The molecule has 2 aromatic heterocycles. The quantitative estimate of drug-likeness (QED) is 0.176. The van der Waals surface area contributed by atoms with Gasteiger partial charge in [0.25, 0.3) is 0 Å². The molecule has 1 aliphatic rings. The van der Waals surface area contributed by atoms with E-state index in [0.717, 1.165) is 82.8 Å². The standard InChI is InChI=1S/C55H37NO2/c1-55(2)47-25-13-11-21-39(47)40-29-28-36(32-48(40)55)56(49-26-15-24-43-41-22-12-14-27-50(41)57-53(43)49)51-37(34-16-5-3-6-17-34)30-31-44-46-33-45(35-18-7-4-8-19-35)38-20-9-10-23-42(38)52(46)58-54(44)51/h3-33H,1-2H3. The molecule has 58 heavy (non-hydrogen) atoms. The monoisotopic (exact) mass is 743 g/mol. The van der Waals surface area contributed by atoms with Gasteiger partial charge < -0.3 is 13.7 Å². The number of anilines is 3. The Morgan fingerprint density at radius 2 is 0.983 bits per heavy atom. The predicted octanol–water partition coefficient (Wildman–Crippen LogP) is 15.7. The van der Waals surface area contributed by atoms with E-state index in [1.54, 1.807) is 0 Å². The van der Waals surface area contributed by atoms with Crippen LogP contribution in [0.25, 0.3) is 88.0 Å². The molecule has 0 unspecified atom stereocenters. The van der Waals surface area contributed by atoms with Crippen molar-refractivity contribution in [3.63, 3.8) is 0 Å². The minimum absolute atomic E-state index is 0.195. The highest BCUT2D eigenvalue weighted by molar-refractivity contribution is 6.23. The van der Waals surface area contributed by atoms with Crippen LogP contribution in [0.5, 0.6) is 0 Å². The number of fused-ring (bicyclic) bond motifs is 11. The fourth-order valence-corrected chi connectivity index (χ4v) is 9.70. The van der Waals surface area contributed by atoms with Crippen molar-refractivity contribution < 1.29 is 8.83 Å². The van der Waals surface area contributed by atoms with Gasteiger partial charge in [-0.15, -0.1) is 0 Å². The van der Waals surface area contributed by atoms with E-state index in [1.807, 2.05) is 6.07 Å². The van der Waals surface area contributed by atoms with Gasteiger partial charge in [0.15, 0.2) is 11.2 Å². The van der Waals surface area contributed by atoms with Gasteiger partial charge in [-0.3, -0.25) is 0 Å². The van der Waals surface area contributed by atoms with E-state index in [0.29, 0.717) is 0 Å². The normalized spacial score (nSPS) is 13.1. The summed E-state index contributed by atoms with van der Waals surface area (Å²) in [4.78, 5) is 2.40. The van der Waals surface area contributed by atoms with Crippen molar-refractivity contribution in [3.8, 4) is 33.4 Å². The van der Waals surface area contributed by atoms with E-state index in [9.17, 15) is 0 Å². The Kier molecular flexibility index (Phi) is 6.98. The first-order chi connectivity index (χ1) is 28.5. The molecule has 0 saturated heterocycles. The average molecular weight is 744 g/mol. The first-order valence-corrected chi connectivity index (χ1v) is 20.0. The summed E-state index contributed by atoms with van der Waals surface area (Å²) in [6.45, 7) is 4.69. The summed E-state index contributed by atoms with van der Waals surface area (Å²) in [5.74, 6) is 0. The molecule has 1 aliphatic carbocycles. The van der Waals surface area contributed by atoms with Crippen molar-refractivity contribution in [3.05, 3.63) is 199 Å². The van der Waals surface area contributed by atoms with Gasteiger partial charge in [0, 0.05) is 43.6 Å². The van der Waals surface area contributed by atoms with Crippen molar-refractivity contribution in [2.24, 2.45) is 0 Å². The van der Waals surface area contributed by atoms with Crippen LogP contribution in [0, 0.1) is 0 Å². The number of furan rings is 2. The summed E-state index contributed by atoms with van der Waals surface area (Å²) in [6, 6.07) is 67.5. The van der Waals surface area contributed by atoms with Gasteiger partial charge in [0.05, 0.1) is 11.4 Å². The Labute approximate surface area is 336 Å². The van der Waals surface area contributed by atoms with Gasteiger partial charge in [-0.2, -0.15) is 0 Å². The summed E-state index contributed by atoms with van der Waals surface area (Å²) in [6.07, 6.45) is 0.